The number of hydrogen-bond donors (Lipinski definition) is 1. The van der Waals surface area contributed by atoms with E-state index in [1.165, 1.54) is 0 Å². The molecule has 3 rings (SSSR count). The first-order chi connectivity index (χ1) is 8.68. The van der Waals surface area contributed by atoms with Gasteiger partial charge in [0, 0.05) is 24.0 Å². The standard InChI is InChI=1S/C14H15ClN2O/c1-17-13-9(4-2-5-11(13)15)8-10(14(17)18)12-6-3-7-16-12/h2,4-5,8,12,16H,3,6-7H2,1H3. The number of aromatic nitrogens is 1. The minimum absolute atomic E-state index is 0.0509. The number of para-hydroxylation sites is 1. The van der Waals surface area contributed by atoms with Crippen LogP contribution in [0.25, 0.3) is 10.9 Å². The molecule has 3 nitrogen and oxygen atoms in total. The third kappa shape index (κ3) is 1.74. The number of aryl methyl sites for hydroxylation is 1. The maximum atomic E-state index is 12.4. The molecule has 0 aliphatic carbocycles. The van der Waals surface area contributed by atoms with Crippen LogP contribution in [0.1, 0.15) is 24.4 Å². The minimum atomic E-state index is 0.0509. The predicted octanol–water partition coefficient (Wildman–Crippen LogP) is 2.62. The van der Waals surface area contributed by atoms with Gasteiger partial charge in [-0.3, -0.25) is 4.79 Å². The fourth-order valence-electron chi connectivity index (χ4n) is 2.73. The highest BCUT2D eigenvalue weighted by Gasteiger charge is 2.21. The number of halogens is 1. The van der Waals surface area contributed by atoms with Gasteiger partial charge < -0.3 is 9.88 Å². The van der Waals surface area contributed by atoms with Crippen molar-refractivity contribution in [3.05, 3.63) is 45.2 Å². The highest BCUT2D eigenvalue weighted by Crippen LogP contribution is 2.26. The Morgan fingerprint density at radius 2 is 2.28 bits per heavy atom. The smallest absolute Gasteiger partial charge is 0.255 e. The van der Waals surface area contributed by atoms with Gasteiger partial charge in [0.15, 0.2) is 0 Å². The van der Waals surface area contributed by atoms with Crippen molar-refractivity contribution in [2.24, 2.45) is 7.05 Å². The van der Waals surface area contributed by atoms with Crippen molar-refractivity contribution in [3.63, 3.8) is 0 Å². The van der Waals surface area contributed by atoms with Crippen molar-refractivity contribution in [1.82, 2.24) is 9.88 Å². The molecule has 1 N–H and O–H groups in total. The molecule has 94 valence electrons. The van der Waals surface area contributed by atoms with Crippen molar-refractivity contribution in [1.29, 1.82) is 0 Å². The first kappa shape index (κ1) is 11.8. The van der Waals surface area contributed by atoms with Gasteiger partial charge in [0.1, 0.15) is 0 Å². The van der Waals surface area contributed by atoms with Gasteiger partial charge in [0.05, 0.1) is 10.5 Å². The summed E-state index contributed by atoms with van der Waals surface area (Å²) < 4.78 is 1.66. The molecule has 0 saturated carbocycles. The number of fused-ring (bicyclic) bond motifs is 1. The molecule has 0 radical (unpaired) electrons. The van der Waals surface area contributed by atoms with E-state index in [1.807, 2.05) is 24.3 Å². The maximum absolute atomic E-state index is 12.4. The van der Waals surface area contributed by atoms with Gasteiger partial charge in [-0.15, -0.1) is 0 Å². The minimum Gasteiger partial charge on any atom is -0.310 e. The molecule has 1 atom stereocenters. The number of nitrogens with zero attached hydrogens (tertiary/aromatic N) is 1. The van der Waals surface area contributed by atoms with Gasteiger partial charge in [-0.05, 0) is 31.5 Å². The normalized spacial score (nSPS) is 19.6. The SMILES string of the molecule is Cn1c(=O)c(C2CCCN2)cc2cccc(Cl)c21. The van der Waals surface area contributed by atoms with Gasteiger partial charge >= 0.3 is 0 Å². The summed E-state index contributed by atoms with van der Waals surface area (Å²) in [5.74, 6) is 0. The van der Waals surface area contributed by atoms with Crippen LogP contribution in [0.5, 0.6) is 0 Å². The molecule has 1 aromatic heterocycles. The molecule has 1 aliphatic rings. The Morgan fingerprint density at radius 3 is 3.00 bits per heavy atom. The fraction of sp³-hybridized carbons (Fsp3) is 0.357. The Balaban J connectivity index is 2.29. The largest absolute Gasteiger partial charge is 0.310 e. The van der Waals surface area contributed by atoms with Crippen LogP contribution < -0.4 is 10.9 Å². The van der Waals surface area contributed by atoms with Gasteiger partial charge in [-0.25, -0.2) is 0 Å². The highest BCUT2D eigenvalue weighted by molar-refractivity contribution is 6.35. The zero-order valence-corrected chi connectivity index (χ0v) is 11.0. The predicted molar refractivity (Wildman–Crippen MR) is 74.2 cm³/mol. The van der Waals surface area contributed by atoms with E-state index in [1.54, 1.807) is 11.6 Å². The maximum Gasteiger partial charge on any atom is 0.255 e. The number of hydrogen-bond acceptors (Lipinski definition) is 2. The summed E-state index contributed by atoms with van der Waals surface area (Å²) in [6.45, 7) is 0.988. The fourth-order valence-corrected chi connectivity index (χ4v) is 3.04. The zero-order chi connectivity index (χ0) is 12.7. The van der Waals surface area contributed by atoms with Crippen molar-refractivity contribution >= 4 is 22.5 Å². The Kier molecular flexibility index (Phi) is 2.88. The molecule has 1 unspecified atom stereocenters. The summed E-state index contributed by atoms with van der Waals surface area (Å²) in [6, 6.07) is 7.90. The summed E-state index contributed by atoms with van der Waals surface area (Å²) in [6.07, 6.45) is 2.16. The van der Waals surface area contributed by atoms with E-state index < -0.39 is 0 Å². The highest BCUT2D eigenvalue weighted by atomic mass is 35.5. The van der Waals surface area contributed by atoms with Crippen LogP contribution in [0.3, 0.4) is 0 Å². The number of benzene rings is 1. The molecule has 1 aliphatic heterocycles. The number of nitrogens with one attached hydrogen (secondary N) is 1. The molecule has 4 heteroatoms. The number of pyridine rings is 1. The summed E-state index contributed by atoms with van der Waals surface area (Å²) in [5, 5.41) is 5.02. The molecule has 1 saturated heterocycles. The Labute approximate surface area is 110 Å². The van der Waals surface area contributed by atoms with Gasteiger partial charge in [0.2, 0.25) is 0 Å². The summed E-state index contributed by atoms with van der Waals surface area (Å²) >= 11 is 6.17. The van der Waals surface area contributed by atoms with E-state index in [9.17, 15) is 4.79 Å². The molecule has 2 aromatic rings. The van der Waals surface area contributed by atoms with E-state index in [2.05, 4.69) is 5.32 Å². The van der Waals surface area contributed by atoms with Crippen molar-refractivity contribution in [2.75, 3.05) is 6.54 Å². The molecular weight excluding hydrogens is 248 g/mol. The lowest BCUT2D eigenvalue weighted by Crippen LogP contribution is -2.27. The molecule has 0 bridgehead atoms. The molecule has 18 heavy (non-hydrogen) atoms. The average Bonchev–Trinajstić information content (AvgIpc) is 2.87. The molecule has 2 heterocycles. The van der Waals surface area contributed by atoms with Crippen LogP contribution in [0.2, 0.25) is 5.02 Å². The van der Waals surface area contributed by atoms with Crippen LogP contribution in [-0.4, -0.2) is 11.1 Å². The topological polar surface area (TPSA) is 34.0 Å². The van der Waals surface area contributed by atoms with Gasteiger partial charge in [-0.2, -0.15) is 0 Å². The third-order valence-electron chi connectivity index (χ3n) is 3.65. The molecular formula is C14H15ClN2O. The second-order valence-corrected chi connectivity index (χ2v) is 5.20. The Morgan fingerprint density at radius 1 is 1.44 bits per heavy atom. The van der Waals surface area contributed by atoms with E-state index in [0.29, 0.717) is 5.02 Å². The first-order valence-corrected chi connectivity index (χ1v) is 6.58. The quantitative estimate of drug-likeness (QED) is 0.857. The Bertz CT molecular complexity index is 657. The van der Waals surface area contributed by atoms with Crippen molar-refractivity contribution in [3.8, 4) is 0 Å². The monoisotopic (exact) mass is 262 g/mol. The van der Waals surface area contributed by atoms with E-state index >= 15 is 0 Å². The lowest BCUT2D eigenvalue weighted by Gasteiger charge is -2.14. The second-order valence-electron chi connectivity index (χ2n) is 4.79. The number of rotatable bonds is 1. The third-order valence-corrected chi connectivity index (χ3v) is 3.96. The zero-order valence-electron chi connectivity index (χ0n) is 10.2. The van der Waals surface area contributed by atoms with Gasteiger partial charge in [0.25, 0.3) is 5.56 Å². The Hall–Kier alpha value is -1.32. The van der Waals surface area contributed by atoms with Crippen LogP contribution in [-0.2, 0) is 7.05 Å². The summed E-state index contributed by atoms with van der Waals surface area (Å²) in [5.41, 5.74) is 1.71. The van der Waals surface area contributed by atoms with Crippen LogP contribution in [0.15, 0.2) is 29.1 Å². The van der Waals surface area contributed by atoms with Crippen LogP contribution in [0, 0.1) is 0 Å². The second kappa shape index (κ2) is 4.41. The van der Waals surface area contributed by atoms with Gasteiger partial charge in [-0.1, -0.05) is 23.7 Å². The van der Waals surface area contributed by atoms with E-state index in [4.69, 9.17) is 11.6 Å². The molecule has 1 fully saturated rings. The molecule has 1 aromatic carbocycles. The van der Waals surface area contributed by atoms with E-state index in [0.717, 1.165) is 35.9 Å². The first-order valence-electron chi connectivity index (χ1n) is 6.20. The summed E-state index contributed by atoms with van der Waals surface area (Å²) in [7, 11) is 1.79. The van der Waals surface area contributed by atoms with Crippen LogP contribution in [0.4, 0.5) is 0 Å². The lowest BCUT2D eigenvalue weighted by molar-refractivity contribution is 0.633. The summed E-state index contributed by atoms with van der Waals surface area (Å²) in [4.78, 5) is 12.4. The average molecular weight is 263 g/mol. The molecule has 0 spiro atoms. The van der Waals surface area contributed by atoms with Crippen molar-refractivity contribution in [2.45, 2.75) is 18.9 Å². The van der Waals surface area contributed by atoms with E-state index in [-0.39, 0.29) is 11.6 Å². The van der Waals surface area contributed by atoms with Crippen molar-refractivity contribution < 1.29 is 0 Å². The lowest BCUT2D eigenvalue weighted by atomic mass is 10.0. The molecule has 0 amide bonds. The van der Waals surface area contributed by atoms with Crippen LogP contribution >= 0.6 is 11.6 Å².